The van der Waals surface area contributed by atoms with E-state index in [9.17, 15) is 4.79 Å². The van der Waals surface area contributed by atoms with Gasteiger partial charge in [-0.25, -0.2) is 0 Å². The highest BCUT2D eigenvalue weighted by Crippen LogP contribution is 2.08. The zero-order chi connectivity index (χ0) is 10.8. The number of hydrogen-bond donors (Lipinski definition) is 1. The molecule has 0 heterocycles. The molecule has 0 aromatic rings. The van der Waals surface area contributed by atoms with Gasteiger partial charge in [0.05, 0.1) is 0 Å². The van der Waals surface area contributed by atoms with Crippen LogP contribution in [-0.2, 0) is 4.79 Å². The van der Waals surface area contributed by atoms with Gasteiger partial charge in [0.1, 0.15) is 0 Å². The van der Waals surface area contributed by atoms with E-state index in [-0.39, 0.29) is 6.42 Å². The van der Waals surface area contributed by atoms with Gasteiger partial charge in [-0.3, -0.25) is 4.79 Å². The summed E-state index contributed by atoms with van der Waals surface area (Å²) in [5.74, 6) is -0.730. The first-order chi connectivity index (χ1) is 6.70. The second-order valence-electron chi connectivity index (χ2n) is 3.30. The Balaban J connectivity index is 3.80. The SMILES string of the molecule is C/C=C(\C=C\CCCC)CCC(=O)O. The summed E-state index contributed by atoms with van der Waals surface area (Å²) in [4.78, 5) is 10.3. The molecule has 0 aromatic heterocycles. The van der Waals surface area contributed by atoms with Gasteiger partial charge in [0, 0.05) is 6.42 Å². The van der Waals surface area contributed by atoms with Gasteiger partial charge in [-0.05, 0) is 19.8 Å². The minimum atomic E-state index is -0.730. The average Bonchev–Trinajstić information content (AvgIpc) is 2.16. The van der Waals surface area contributed by atoms with Gasteiger partial charge in [0.2, 0.25) is 0 Å². The molecule has 1 N–H and O–H groups in total. The van der Waals surface area contributed by atoms with E-state index in [2.05, 4.69) is 13.0 Å². The van der Waals surface area contributed by atoms with Crippen LogP contribution in [0, 0.1) is 0 Å². The van der Waals surface area contributed by atoms with Crippen LogP contribution in [0.5, 0.6) is 0 Å². The molecule has 0 aromatic carbocycles. The Kier molecular flexibility index (Phi) is 7.90. The normalized spacial score (nSPS) is 12.3. The minimum Gasteiger partial charge on any atom is -0.481 e. The lowest BCUT2D eigenvalue weighted by atomic mass is 10.1. The van der Waals surface area contributed by atoms with E-state index < -0.39 is 5.97 Å². The second kappa shape index (κ2) is 8.54. The third-order valence-electron chi connectivity index (χ3n) is 2.05. The fourth-order valence-corrected chi connectivity index (χ4v) is 1.13. The predicted octanol–water partition coefficient (Wildman–Crippen LogP) is 3.54. The maximum atomic E-state index is 10.3. The van der Waals surface area contributed by atoms with Crippen LogP contribution in [0.2, 0.25) is 0 Å². The highest BCUT2D eigenvalue weighted by Gasteiger charge is 1.97. The second-order valence-corrected chi connectivity index (χ2v) is 3.30. The molecule has 0 radical (unpaired) electrons. The molecule has 0 unspecified atom stereocenters. The molecule has 0 aliphatic heterocycles. The highest BCUT2D eigenvalue weighted by atomic mass is 16.4. The molecule has 0 bridgehead atoms. The lowest BCUT2D eigenvalue weighted by Crippen LogP contribution is -1.94. The summed E-state index contributed by atoms with van der Waals surface area (Å²) in [5.41, 5.74) is 1.11. The Morgan fingerprint density at radius 3 is 2.57 bits per heavy atom. The smallest absolute Gasteiger partial charge is 0.303 e. The first-order valence-corrected chi connectivity index (χ1v) is 5.24. The van der Waals surface area contributed by atoms with Crippen molar-refractivity contribution in [1.82, 2.24) is 0 Å². The Labute approximate surface area is 86.3 Å². The van der Waals surface area contributed by atoms with Crippen molar-refractivity contribution in [2.45, 2.75) is 46.0 Å². The minimum absolute atomic E-state index is 0.220. The number of hydrogen-bond acceptors (Lipinski definition) is 1. The number of carboxylic acid groups (broad SMARTS) is 1. The lowest BCUT2D eigenvalue weighted by Gasteiger charge is -1.98. The zero-order valence-electron chi connectivity index (χ0n) is 9.12. The zero-order valence-corrected chi connectivity index (χ0v) is 9.12. The summed E-state index contributed by atoms with van der Waals surface area (Å²) in [6, 6.07) is 0. The third-order valence-corrected chi connectivity index (χ3v) is 2.05. The Hall–Kier alpha value is -1.05. The summed E-state index contributed by atoms with van der Waals surface area (Å²) in [7, 11) is 0. The predicted molar refractivity (Wildman–Crippen MR) is 59.3 cm³/mol. The largest absolute Gasteiger partial charge is 0.481 e. The van der Waals surface area contributed by atoms with Gasteiger partial charge in [0.15, 0.2) is 0 Å². The maximum absolute atomic E-state index is 10.3. The van der Waals surface area contributed by atoms with Crippen LogP contribution in [-0.4, -0.2) is 11.1 Å². The topological polar surface area (TPSA) is 37.3 Å². The van der Waals surface area contributed by atoms with E-state index in [0.29, 0.717) is 6.42 Å². The van der Waals surface area contributed by atoms with Gasteiger partial charge in [-0.2, -0.15) is 0 Å². The lowest BCUT2D eigenvalue weighted by molar-refractivity contribution is -0.136. The van der Waals surface area contributed by atoms with Crippen LogP contribution in [0.15, 0.2) is 23.8 Å². The standard InChI is InChI=1S/C12H20O2/c1-3-5-6-7-8-11(4-2)9-10-12(13)14/h4,7-8H,3,5-6,9-10H2,1-2H3,(H,13,14)/b8-7+,11-4+. The molecule has 0 atom stereocenters. The van der Waals surface area contributed by atoms with Crippen LogP contribution in [0.4, 0.5) is 0 Å². The molecule has 0 amide bonds. The van der Waals surface area contributed by atoms with Crippen LogP contribution in [0.25, 0.3) is 0 Å². The molecule has 0 spiro atoms. The van der Waals surface area contributed by atoms with Crippen LogP contribution in [0.3, 0.4) is 0 Å². The van der Waals surface area contributed by atoms with Crippen LogP contribution >= 0.6 is 0 Å². The summed E-state index contributed by atoms with van der Waals surface area (Å²) in [6.07, 6.45) is 10.5. The van der Waals surface area contributed by atoms with E-state index in [1.807, 2.05) is 19.1 Å². The maximum Gasteiger partial charge on any atom is 0.303 e. The molecular weight excluding hydrogens is 176 g/mol. The molecule has 2 nitrogen and oxygen atoms in total. The molecule has 0 saturated heterocycles. The summed E-state index contributed by atoms with van der Waals surface area (Å²) >= 11 is 0. The van der Waals surface area contributed by atoms with Crippen molar-refractivity contribution in [3.05, 3.63) is 23.8 Å². The number of carboxylic acids is 1. The molecule has 2 heteroatoms. The Morgan fingerprint density at radius 2 is 2.07 bits per heavy atom. The number of unbranched alkanes of at least 4 members (excludes halogenated alkanes) is 2. The quantitative estimate of drug-likeness (QED) is 0.499. The van der Waals surface area contributed by atoms with Crippen molar-refractivity contribution in [2.75, 3.05) is 0 Å². The van der Waals surface area contributed by atoms with E-state index in [0.717, 1.165) is 12.0 Å². The Bertz CT molecular complexity index is 214. The summed E-state index contributed by atoms with van der Waals surface area (Å²) < 4.78 is 0. The molecule has 0 rings (SSSR count). The number of rotatable bonds is 7. The van der Waals surface area contributed by atoms with E-state index in [1.54, 1.807) is 0 Å². The fraction of sp³-hybridized carbons (Fsp3) is 0.583. The van der Waals surface area contributed by atoms with Gasteiger partial charge >= 0.3 is 5.97 Å². The van der Waals surface area contributed by atoms with Crippen molar-refractivity contribution in [2.24, 2.45) is 0 Å². The average molecular weight is 196 g/mol. The monoisotopic (exact) mass is 196 g/mol. The molecular formula is C12H20O2. The van der Waals surface area contributed by atoms with Crippen molar-refractivity contribution in [3.63, 3.8) is 0 Å². The fourth-order valence-electron chi connectivity index (χ4n) is 1.13. The summed E-state index contributed by atoms with van der Waals surface area (Å²) in [5, 5.41) is 8.52. The van der Waals surface area contributed by atoms with E-state index in [1.165, 1.54) is 12.8 Å². The van der Waals surface area contributed by atoms with Crippen LogP contribution in [0.1, 0.15) is 46.0 Å². The third kappa shape index (κ3) is 7.59. The molecule has 0 saturated carbocycles. The number of carbonyl (C=O) groups is 1. The van der Waals surface area contributed by atoms with Gasteiger partial charge in [-0.1, -0.05) is 43.6 Å². The molecule has 0 aliphatic carbocycles. The number of allylic oxidation sites excluding steroid dienone is 4. The molecule has 14 heavy (non-hydrogen) atoms. The molecule has 0 aliphatic rings. The van der Waals surface area contributed by atoms with Gasteiger partial charge < -0.3 is 5.11 Å². The van der Waals surface area contributed by atoms with Crippen LogP contribution < -0.4 is 0 Å². The first kappa shape index (κ1) is 12.9. The van der Waals surface area contributed by atoms with Crippen molar-refractivity contribution >= 4 is 5.97 Å². The molecule has 80 valence electrons. The van der Waals surface area contributed by atoms with E-state index in [4.69, 9.17) is 5.11 Å². The van der Waals surface area contributed by atoms with Crippen molar-refractivity contribution in [1.29, 1.82) is 0 Å². The first-order valence-electron chi connectivity index (χ1n) is 5.24. The van der Waals surface area contributed by atoms with Crippen molar-refractivity contribution in [3.8, 4) is 0 Å². The summed E-state index contributed by atoms with van der Waals surface area (Å²) in [6.45, 7) is 4.11. The van der Waals surface area contributed by atoms with E-state index >= 15 is 0 Å². The van der Waals surface area contributed by atoms with Gasteiger partial charge in [-0.15, -0.1) is 0 Å². The highest BCUT2D eigenvalue weighted by molar-refractivity contribution is 5.67. The van der Waals surface area contributed by atoms with Crippen molar-refractivity contribution < 1.29 is 9.90 Å². The number of aliphatic carboxylic acids is 1. The molecule has 0 fully saturated rings. The van der Waals surface area contributed by atoms with Gasteiger partial charge in [0.25, 0.3) is 0 Å². The Morgan fingerprint density at radius 1 is 1.36 bits per heavy atom.